The van der Waals surface area contributed by atoms with Crippen LogP contribution in [0.5, 0.6) is 0 Å². The minimum Gasteiger partial charge on any atom is -0.0622 e. The van der Waals surface area contributed by atoms with Crippen molar-refractivity contribution in [1.29, 1.82) is 0 Å². The van der Waals surface area contributed by atoms with Gasteiger partial charge in [-0.2, -0.15) is 0 Å². The summed E-state index contributed by atoms with van der Waals surface area (Å²) in [5, 5.41) is 10.1. The first-order valence-electron chi connectivity index (χ1n) is 15.5. The highest BCUT2D eigenvalue weighted by atomic mass is 79.9. The first-order valence-corrected chi connectivity index (χ1v) is 17.1. The second kappa shape index (κ2) is 10.9. The molecule has 216 valence electrons. The molecule has 2 heteroatoms. The van der Waals surface area contributed by atoms with Gasteiger partial charge in [-0.3, -0.25) is 0 Å². The molecule has 0 radical (unpaired) electrons. The van der Waals surface area contributed by atoms with Crippen molar-refractivity contribution in [3.05, 3.63) is 167 Å². The van der Waals surface area contributed by atoms with Crippen LogP contribution in [0, 0.1) is 0 Å². The molecule has 0 saturated heterocycles. The summed E-state index contributed by atoms with van der Waals surface area (Å²) in [4.78, 5) is 0. The van der Waals surface area contributed by atoms with Crippen LogP contribution in [0.25, 0.3) is 87.6 Å². The fraction of sp³-hybridized carbons (Fsp3) is 0. The molecule has 9 rings (SSSR count). The summed E-state index contributed by atoms with van der Waals surface area (Å²) < 4.78 is 2.21. The van der Waals surface area contributed by atoms with E-state index in [1.54, 1.807) is 0 Å². The van der Waals surface area contributed by atoms with E-state index < -0.39 is 0 Å². The Kier molecular flexibility index (Phi) is 6.55. The zero-order valence-electron chi connectivity index (χ0n) is 24.8. The Morgan fingerprint density at radius 3 is 1.35 bits per heavy atom. The Morgan fingerprint density at radius 2 is 0.717 bits per heavy atom. The molecule has 0 bridgehead atoms. The van der Waals surface area contributed by atoms with Crippen LogP contribution in [-0.4, -0.2) is 0 Å². The normalized spacial score (nSPS) is 11.7. The molecule has 0 amide bonds. The molecule has 0 aromatic heterocycles. The third kappa shape index (κ3) is 4.17. The summed E-state index contributed by atoms with van der Waals surface area (Å²) >= 11 is 7.97. The maximum absolute atomic E-state index is 4.03. The maximum atomic E-state index is 4.03. The van der Waals surface area contributed by atoms with Crippen LogP contribution in [0.15, 0.2) is 167 Å². The Morgan fingerprint density at radius 1 is 0.261 bits per heavy atom. The molecule has 0 spiro atoms. The zero-order valence-corrected chi connectivity index (χ0v) is 27.9. The Balaban J connectivity index is 1.48. The van der Waals surface area contributed by atoms with Crippen LogP contribution in [0.4, 0.5) is 0 Å². The largest absolute Gasteiger partial charge is 0.0622 e. The van der Waals surface area contributed by atoms with E-state index in [9.17, 15) is 0 Å². The number of halogens is 2. The second-order valence-corrected chi connectivity index (χ2v) is 13.5. The summed E-state index contributed by atoms with van der Waals surface area (Å²) in [7, 11) is 0. The molecule has 0 fully saturated rings. The van der Waals surface area contributed by atoms with Gasteiger partial charge >= 0.3 is 0 Å². The van der Waals surface area contributed by atoms with Crippen LogP contribution >= 0.6 is 31.9 Å². The van der Waals surface area contributed by atoms with Gasteiger partial charge < -0.3 is 0 Å². The molecule has 46 heavy (non-hydrogen) atoms. The Hall–Kier alpha value is -4.76. The van der Waals surface area contributed by atoms with Gasteiger partial charge in [0.15, 0.2) is 0 Å². The number of benzene rings is 9. The van der Waals surface area contributed by atoms with Gasteiger partial charge in [-0.05, 0) is 99.7 Å². The molecule has 9 aromatic rings. The Bertz CT molecular complexity index is 2560. The molecule has 0 atom stereocenters. The SMILES string of the molecule is Brc1ccc2c3c(-c4ccccc4-c4ccccc4)cc(Br)c4cccc(c5c(-c6ccccc6-c6ccccc6)ccc1c25)c43. The van der Waals surface area contributed by atoms with Gasteiger partial charge in [-0.15, -0.1) is 0 Å². The van der Waals surface area contributed by atoms with Crippen molar-refractivity contribution < 1.29 is 0 Å². The number of rotatable bonds is 4. The van der Waals surface area contributed by atoms with Crippen molar-refractivity contribution in [2.75, 3.05) is 0 Å². The van der Waals surface area contributed by atoms with E-state index in [1.807, 2.05) is 0 Å². The Labute approximate surface area is 284 Å². The van der Waals surface area contributed by atoms with Gasteiger partial charge in [0.2, 0.25) is 0 Å². The van der Waals surface area contributed by atoms with Crippen LogP contribution < -0.4 is 0 Å². The first-order chi connectivity index (χ1) is 22.7. The van der Waals surface area contributed by atoms with E-state index in [2.05, 4.69) is 190 Å². The molecule has 9 aromatic carbocycles. The molecule has 0 aliphatic rings. The van der Waals surface area contributed by atoms with Gasteiger partial charge in [0.25, 0.3) is 0 Å². The fourth-order valence-electron chi connectivity index (χ4n) is 7.43. The average molecular weight is 715 g/mol. The third-order valence-electron chi connectivity index (χ3n) is 9.38. The van der Waals surface area contributed by atoms with E-state index >= 15 is 0 Å². The van der Waals surface area contributed by atoms with Gasteiger partial charge in [0.05, 0.1) is 0 Å². The minimum atomic E-state index is 1.10. The quantitative estimate of drug-likeness (QED) is 0.126. The molecule has 0 N–H and O–H groups in total. The molecule has 0 heterocycles. The molecule has 0 saturated carbocycles. The van der Waals surface area contributed by atoms with E-state index in [4.69, 9.17) is 0 Å². The van der Waals surface area contributed by atoms with Crippen molar-refractivity contribution in [3.8, 4) is 44.5 Å². The summed E-state index contributed by atoms with van der Waals surface area (Å²) in [6.07, 6.45) is 0. The minimum absolute atomic E-state index is 1.10. The van der Waals surface area contributed by atoms with Gasteiger partial charge in [0.1, 0.15) is 0 Å². The number of hydrogen-bond donors (Lipinski definition) is 0. The van der Waals surface area contributed by atoms with Gasteiger partial charge in [0, 0.05) is 8.95 Å². The van der Waals surface area contributed by atoms with Crippen molar-refractivity contribution in [1.82, 2.24) is 0 Å². The molecular weight excluding hydrogens is 688 g/mol. The molecular formula is C44H26Br2. The lowest BCUT2D eigenvalue weighted by Gasteiger charge is -2.22. The van der Waals surface area contributed by atoms with E-state index in [1.165, 1.54) is 87.6 Å². The highest BCUT2D eigenvalue weighted by Gasteiger charge is 2.23. The second-order valence-electron chi connectivity index (χ2n) is 11.8. The van der Waals surface area contributed by atoms with Gasteiger partial charge in [-0.25, -0.2) is 0 Å². The molecule has 0 aliphatic carbocycles. The lowest BCUT2D eigenvalue weighted by Crippen LogP contribution is -1.95. The highest BCUT2D eigenvalue weighted by Crippen LogP contribution is 2.51. The van der Waals surface area contributed by atoms with E-state index in [0.717, 1.165) is 8.95 Å². The highest BCUT2D eigenvalue weighted by molar-refractivity contribution is 9.11. The van der Waals surface area contributed by atoms with Crippen LogP contribution in [0.3, 0.4) is 0 Å². The van der Waals surface area contributed by atoms with E-state index in [-0.39, 0.29) is 0 Å². The summed E-state index contributed by atoms with van der Waals surface area (Å²) in [6.45, 7) is 0. The van der Waals surface area contributed by atoms with Crippen LogP contribution in [-0.2, 0) is 0 Å². The van der Waals surface area contributed by atoms with Gasteiger partial charge in [-0.1, -0.05) is 177 Å². The number of hydrogen-bond acceptors (Lipinski definition) is 0. The summed E-state index contributed by atoms with van der Waals surface area (Å²) in [6, 6.07) is 57.4. The molecule has 0 nitrogen and oxygen atoms in total. The summed E-state index contributed by atoms with van der Waals surface area (Å²) in [5.74, 6) is 0. The standard InChI is InChI=1S/C44H26Br2/c45-39-25-24-37-43-35(39)23-22-33(31-18-9-7-16-29(31)27-12-3-1-4-13-27)41(43)36-21-11-20-34-40(46)26-38(44(37)42(34)36)32-19-10-8-17-30(32)28-14-5-2-6-15-28/h1-26H. The third-order valence-corrected chi connectivity index (χ3v) is 10.7. The predicted octanol–water partition coefficient (Wildman–Crippen LogP) is 13.9. The lowest BCUT2D eigenvalue weighted by atomic mass is 9.82. The smallest absolute Gasteiger partial charge is 0.0260 e. The maximum Gasteiger partial charge on any atom is 0.0260 e. The molecule has 0 aliphatic heterocycles. The summed E-state index contributed by atoms with van der Waals surface area (Å²) in [5.41, 5.74) is 9.84. The molecule has 0 unspecified atom stereocenters. The van der Waals surface area contributed by atoms with Crippen LogP contribution in [0.1, 0.15) is 0 Å². The van der Waals surface area contributed by atoms with Crippen molar-refractivity contribution in [2.24, 2.45) is 0 Å². The zero-order chi connectivity index (χ0) is 30.8. The van der Waals surface area contributed by atoms with Crippen molar-refractivity contribution in [3.63, 3.8) is 0 Å². The van der Waals surface area contributed by atoms with Crippen molar-refractivity contribution in [2.45, 2.75) is 0 Å². The predicted molar refractivity (Wildman–Crippen MR) is 205 cm³/mol. The lowest BCUT2D eigenvalue weighted by molar-refractivity contribution is 1.60. The van der Waals surface area contributed by atoms with E-state index in [0.29, 0.717) is 0 Å². The number of fused-ring (bicyclic) bond motifs is 2. The average Bonchev–Trinajstić information content (AvgIpc) is 3.12. The van der Waals surface area contributed by atoms with Crippen molar-refractivity contribution >= 4 is 74.9 Å². The monoisotopic (exact) mass is 712 g/mol. The van der Waals surface area contributed by atoms with Crippen LogP contribution in [0.2, 0.25) is 0 Å². The fourth-order valence-corrected chi connectivity index (χ4v) is 8.45. The first kappa shape index (κ1) is 27.5. The topological polar surface area (TPSA) is 0 Å².